The predicted molar refractivity (Wildman–Crippen MR) is 88.6 cm³/mol. The summed E-state index contributed by atoms with van der Waals surface area (Å²) >= 11 is 0. The molecule has 0 radical (unpaired) electrons. The van der Waals surface area contributed by atoms with Crippen LogP contribution in [-0.2, 0) is 9.53 Å². The fraction of sp³-hybridized carbons (Fsp3) is 0.222. The van der Waals surface area contributed by atoms with Gasteiger partial charge in [-0.1, -0.05) is 47.5 Å². The molecule has 22 heavy (non-hydrogen) atoms. The van der Waals surface area contributed by atoms with Crippen molar-refractivity contribution >= 4 is 17.9 Å². The monoisotopic (exact) mass is 296 g/mol. The molecule has 4 nitrogen and oxygen atoms in total. The summed E-state index contributed by atoms with van der Waals surface area (Å²) in [5.41, 5.74) is 10.6. The van der Waals surface area contributed by atoms with Crippen LogP contribution < -0.4 is 5.73 Å². The lowest BCUT2D eigenvalue weighted by molar-refractivity contribution is -0.142. The van der Waals surface area contributed by atoms with E-state index in [4.69, 9.17) is 10.5 Å². The van der Waals surface area contributed by atoms with Crippen LogP contribution in [0.25, 0.3) is 0 Å². The van der Waals surface area contributed by atoms with Gasteiger partial charge in [0.1, 0.15) is 6.04 Å². The number of ether oxygens (including phenoxy) is 1. The van der Waals surface area contributed by atoms with E-state index < -0.39 is 12.0 Å². The molecule has 0 saturated heterocycles. The number of esters is 1. The Labute approximate surface area is 130 Å². The number of aliphatic imine (C=N–C) groups is 1. The Hall–Kier alpha value is -2.46. The van der Waals surface area contributed by atoms with Gasteiger partial charge >= 0.3 is 5.97 Å². The molecule has 2 rings (SSSR count). The molecule has 2 aromatic carbocycles. The Morgan fingerprint density at radius 1 is 1.18 bits per heavy atom. The van der Waals surface area contributed by atoms with Gasteiger partial charge < -0.3 is 10.5 Å². The first-order valence-corrected chi connectivity index (χ1v) is 7.06. The average molecular weight is 296 g/mol. The number of nitrogens with two attached hydrogens (primary N) is 1. The molecule has 1 unspecified atom stereocenters. The molecular weight excluding hydrogens is 276 g/mol. The number of hydrogen-bond donors (Lipinski definition) is 1. The first kappa shape index (κ1) is 15.9. The molecule has 0 heterocycles. The van der Waals surface area contributed by atoms with Gasteiger partial charge in [0.25, 0.3) is 0 Å². The van der Waals surface area contributed by atoms with E-state index in [0.717, 1.165) is 5.56 Å². The Morgan fingerprint density at radius 2 is 1.82 bits per heavy atom. The van der Waals surface area contributed by atoms with Gasteiger partial charge in [0, 0.05) is 11.8 Å². The van der Waals surface area contributed by atoms with Crippen LogP contribution in [0.2, 0.25) is 0 Å². The zero-order valence-electron chi connectivity index (χ0n) is 13.0. The summed E-state index contributed by atoms with van der Waals surface area (Å²) in [5.74, 6) is -0.478. The number of benzene rings is 2. The van der Waals surface area contributed by atoms with Crippen molar-refractivity contribution in [1.82, 2.24) is 0 Å². The van der Waals surface area contributed by atoms with Crippen LogP contribution in [0.3, 0.4) is 0 Å². The van der Waals surface area contributed by atoms with Crippen LogP contribution >= 0.6 is 0 Å². The predicted octanol–water partition coefficient (Wildman–Crippen LogP) is 3.23. The van der Waals surface area contributed by atoms with E-state index in [-0.39, 0.29) is 0 Å². The second kappa shape index (κ2) is 7.00. The first-order valence-electron chi connectivity index (χ1n) is 7.06. The van der Waals surface area contributed by atoms with Crippen LogP contribution in [0.15, 0.2) is 47.5 Å². The summed E-state index contributed by atoms with van der Waals surface area (Å²) in [7, 11) is 1.32. The van der Waals surface area contributed by atoms with Crippen molar-refractivity contribution in [3.8, 4) is 0 Å². The molecule has 2 N–H and O–H groups in total. The van der Waals surface area contributed by atoms with Crippen molar-refractivity contribution < 1.29 is 9.53 Å². The minimum Gasteiger partial charge on any atom is -0.468 e. The second-order valence-corrected chi connectivity index (χ2v) is 5.24. The van der Waals surface area contributed by atoms with Gasteiger partial charge in [-0.2, -0.15) is 0 Å². The normalized spacial score (nSPS) is 12.4. The number of carbonyl (C=O) groups excluding carboxylic acids is 1. The molecule has 0 aliphatic heterocycles. The van der Waals surface area contributed by atoms with Crippen molar-refractivity contribution in [2.75, 3.05) is 7.11 Å². The number of nitrogens with zero attached hydrogens (tertiary/aromatic N) is 1. The van der Waals surface area contributed by atoms with Gasteiger partial charge in [0.2, 0.25) is 0 Å². The molecule has 4 heteroatoms. The summed E-state index contributed by atoms with van der Waals surface area (Å²) in [6.45, 7) is 4.09. The maximum absolute atomic E-state index is 11.6. The standard InChI is InChI=1S/C18H20N2O2/c1-12-8-13(2)10-14(9-12)11-20-16-7-5-4-6-15(16)17(19)18(21)22-3/h4-11,17H,19H2,1-3H3. The van der Waals surface area contributed by atoms with E-state index in [1.54, 1.807) is 12.3 Å². The lowest BCUT2D eigenvalue weighted by atomic mass is 10.1. The molecule has 1 atom stereocenters. The third-order valence-corrected chi connectivity index (χ3v) is 3.32. The summed E-state index contributed by atoms with van der Waals surface area (Å²) in [4.78, 5) is 16.1. The number of methoxy groups -OCH3 is 1. The molecule has 0 fully saturated rings. The van der Waals surface area contributed by atoms with Gasteiger partial charge in [-0.05, 0) is 25.5 Å². The molecule has 0 bridgehead atoms. The van der Waals surface area contributed by atoms with Crippen molar-refractivity contribution in [3.05, 3.63) is 64.7 Å². The van der Waals surface area contributed by atoms with Crippen LogP contribution in [0.4, 0.5) is 5.69 Å². The number of carbonyl (C=O) groups is 1. The largest absolute Gasteiger partial charge is 0.468 e. The fourth-order valence-corrected chi connectivity index (χ4v) is 2.35. The second-order valence-electron chi connectivity index (χ2n) is 5.24. The minimum atomic E-state index is -0.836. The molecule has 0 spiro atoms. The zero-order chi connectivity index (χ0) is 16.1. The lowest BCUT2D eigenvalue weighted by Gasteiger charge is -2.11. The first-order chi connectivity index (χ1) is 10.5. The summed E-state index contributed by atoms with van der Waals surface area (Å²) in [5, 5.41) is 0. The van der Waals surface area contributed by atoms with E-state index in [0.29, 0.717) is 11.3 Å². The zero-order valence-corrected chi connectivity index (χ0v) is 13.0. The molecule has 0 aliphatic carbocycles. The SMILES string of the molecule is COC(=O)C(N)c1ccccc1N=Cc1cc(C)cc(C)c1. The highest BCUT2D eigenvalue weighted by Crippen LogP contribution is 2.24. The van der Waals surface area contributed by atoms with Crippen molar-refractivity contribution in [1.29, 1.82) is 0 Å². The maximum Gasteiger partial charge on any atom is 0.327 e. The Morgan fingerprint density at radius 3 is 2.45 bits per heavy atom. The number of para-hydroxylation sites is 1. The highest BCUT2D eigenvalue weighted by Gasteiger charge is 2.18. The van der Waals surface area contributed by atoms with Gasteiger partial charge in [-0.15, -0.1) is 0 Å². The molecule has 0 amide bonds. The van der Waals surface area contributed by atoms with Gasteiger partial charge in [0.05, 0.1) is 12.8 Å². The molecule has 2 aromatic rings. The van der Waals surface area contributed by atoms with Gasteiger partial charge in [0.15, 0.2) is 0 Å². The quantitative estimate of drug-likeness (QED) is 0.696. The van der Waals surface area contributed by atoms with E-state index >= 15 is 0 Å². The molecule has 0 saturated carbocycles. The lowest BCUT2D eigenvalue weighted by Crippen LogP contribution is -2.22. The Bertz CT molecular complexity index is 688. The highest BCUT2D eigenvalue weighted by atomic mass is 16.5. The average Bonchev–Trinajstić information content (AvgIpc) is 2.51. The topological polar surface area (TPSA) is 64.7 Å². The molecule has 0 aliphatic rings. The third-order valence-electron chi connectivity index (χ3n) is 3.32. The van der Waals surface area contributed by atoms with Crippen molar-refractivity contribution in [3.63, 3.8) is 0 Å². The van der Waals surface area contributed by atoms with Gasteiger partial charge in [-0.25, -0.2) is 0 Å². The summed E-state index contributed by atoms with van der Waals surface area (Å²) < 4.78 is 4.70. The number of aryl methyl sites for hydroxylation is 2. The number of hydrogen-bond acceptors (Lipinski definition) is 4. The summed E-state index contributed by atoms with van der Waals surface area (Å²) in [6, 6.07) is 12.7. The van der Waals surface area contributed by atoms with Gasteiger partial charge in [-0.3, -0.25) is 9.79 Å². The maximum atomic E-state index is 11.6. The van der Waals surface area contributed by atoms with Crippen LogP contribution in [0.5, 0.6) is 0 Å². The van der Waals surface area contributed by atoms with Crippen molar-refractivity contribution in [2.45, 2.75) is 19.9 Å². The third kappa shape index (κ3) is 3.80. The van der Waals surface area contributed by atoms with Crippen LogP contribution in [0, 0.1) is 13.8 Å². The van der Waals surface area contributed by atoms with E-state index in [2.05, 4.69) is 23.2 Å². The Balaban J connectivity index is 2.33. The Kier molecular flexibility index (Phi) is 5.07. The minimum absolute atomic E-state index is 0.478. The van der Waals surface area contributed by atoms with E-state index in [1.165, 1.54) is 18.2 Å². The molecular formula is C18H20N2O2. The molecule has 114 valence electrons. The number of rotatable bonds is 4. The van der Waals surface area contributed by atoms with E-state index in [1.807, 2.05) is 32.0 Å². The fourth-order valence-electron chi connectivity index (χ4n) is 2.35. The smallest absolute Gasteiger partial charge is 0.327 e. The van der Waals surface area contributed by atoms with Crippen LogP contribution in [-0.4, -0.2) is 19.3 Å². The van der Waals surface area contributed by atoms with E-state index in [9.17, 15) is 4.79 Å². The van der Waals surface area contributed by atoms with Crippen molar-refractivity contribution in [2.24, 2.45) is 10.7 Å². The highest BCUT2D eigenvalue weighted by molar-refractivity contribution is 5.84. The van der Waals surface area contributed by atoms with Crippen LogP contribution in [0.1, 0.15) is 28.3 Å². The molecule has 0 aromatic heterocycles. The summed E-state index contributed by atoms with van der Waals surface area (Å²) in [6.07, 6.45) is 1.78.